The van der Waals surface area contributed by atoms with Gasteiger partial charge in [-0.3, -0.25) is 4.90 Å². The summed E-state index contributed by atoms with van der Waals surface area (Å²) in [7, 11) is 0. The second-order valence-electron chi connectivity index (χ2n) is 8.72. The van der Waals surface area contributed by atoms with Crippen LogP contribution in [0, 0.1) is 17.7 Å². The molecule has 4 atom stereocenters. The number of anilines is 1. The van der Waals surface area contributed by atoms with E-state index >= 15 is 0 Å². The van der Waals surface area contributed by atoms with Gasteiger partial charge in [-0.25, -0.2) is 14.0 Å². The van der Waals surface area contributed by atoms with Gasteiger partial charge in [0.25, 0.3) is 0 Å². The second-order valence-corrected chi connectivity index (χ2v) is 8.72. The van der Waals surface area contributed by atoms with Crippen LogP contribution >= 0.6 is 0 Å². The monoisotopic (exact) mass is 391 g/mol. The van der Waals surface area contributed by atoms with Crippen LogP contribution < -0.4 is 15.5 Å². The van der Waals surface area contributed by atoms with Gasteiger partial charge in [-0.2, -0.15) is 0 Å². The van der Waals surface area contributed by atoms with Crippen molar-refractivity contribution in [2.75, 3.05) is 31.1 Å². The predicted molar refractivity (Wildman–Crippen MR) is 101 cm³/mol. The molecule has 2 heterocycles. The predicted octanol–water partition coefficient (Wildman–Crippen LogP) is 2.61. The van der Waals surface area contributed by atoms with Crippen molar-refractivity contribution < 1.29 is 23.5 Å². The Hall–Kier alpha value is -2.35. The fraction of sp³-hybridized carbons (Fsp3) is 0.600. The normalized spacial score (nSPS) is 28.7. The van der Waals surface area contributed by atoms with Gasteiger partial charge in [0.2, 0.25) is 0 Å². The number of piperidine rings is 1. The van der Waals surface area contributed by atoms with Crippen LogP contribution in [0.15, 0.2) is 18.2 Å². The third-order valence-electron chi connectivity index (χ3n) is 5.49. The molecule has 2 aliphatic heterocycles. The molecule has 1 aromatic carbocycles. The van der Waals surface area contributed by atoms with E-state index in [4.69, 9.17) is 9.47 Å². The molecule has 3 aliphatic rings. The zero-order valence-electron chi connectivity index (χ0n) is 16.3. The highest BCUT2D eigenvalue weighted by atomic mass is 19.1. The maximum Gasteiger partial charge on any atom is 0.414 e. The van der Waals surface area contributed by atoms with Crippen LogP contribution in [0.1, 0.15) is 32.3 Å². The maximum atomic E-state index is 14.7. The van der Waals surface area contributed by atoms with Gasteiger partial charge < -0.3 is 20.1 Å². The lowest BCUT2D eigenvalue weighted by atomic mass is 10.1. The number of nitrogens with one attached hydrogen (secondary N) is 2. The summed E-state index contributed by atoms with van der Waals surface area (Å²) in [5.74, 6) is 1.06. The van der Waals surface area contributed by atoms with Crippen molar-refractivity contribution in [2.45, 2.75) is 38.4 Å². The number of halogens is 1. The summed E-state index contributed by atoms with van der Waals surface area (Å²) < 4.78 is 25.1. The number of carbonyl (C=O) groups excluding carboxylic acids is 2. The minimum atomic E-state index is -0.599. The van der Waals surface area contributed by atoms with Gasteiger partial charge in [0.15, 0.2) is 0 Å². The van der Waals surface area contributed by atoms with E-state index in [0.717, 1.165) is 18.7 Å². The van der Waals surface area contributed by atoms with E-state index in [1.165, 1.54) is 11.0 Å². The molecule has 2 saturated heterocycles. The Bertz CT molecular complexity index is 784. The number of hydrogen-bond donors (Lipinski definition) is 2. The van der Waals surface area contributed by atoms with Gasteiger partial charge >= 0.3 is 12.2 Å². The molecule has 0 bridgehead atoms. The summed E-state index contributed by atoms with van der Waals surface area (Å²) >= 11 is 0. The van der Waals surface area contributed by atoms with Crippen molar-refractivity contribution in [3.05, 3.63) is 29.6 Å². The number of amides is 2. The number of ether oxygens (including phenoxy) is 2. The lowest BCUT2D eigenvalue weighted by molar-refractivity contribution is 0.0496. The summed E-state index contributed by atoms with van der Waals surface area (Å²) in [6, 6.07) is 4.96. The van der Waals surface area contributed by atoms with Gasteiger partial charge in [0.05, 0.1) is 18.8 Å². The first kappa shape index (κ1) is 19.0. The first-order chi connectivity index (χ1) is 13.2. The second kappa shape index (κ2) is 6.92. The molecule has 28 heavy (non-hydrogen) atoms. The third-order valence-corrected chi connectivity index (χ3v) is 5.49. The highest BCUT2D eigenvalue weighted by molar-refractivity contribution is 5.89. The number of nitrogens with zero attached hydrogens (tertiary/aromatic N) is 1. The average molecular weight is 391 g/mol. The van der Waals surface area contributed by atoms with E-state index in [2.05, 4.69) is 10.6 Å². The lowest BCUT2D eigenvalue weighted by Gasteiger charge is -2.20. The van der Waals surface area contributed by atoms with Crippen LogP contribution in [0.3, 0.4) is 0 Å². The molecule has 1 unspecified atom stereocenters. The molecular formula is C20H26FN3O4. The smallest absolute Gasteiger partial charge is 0.414 e. The van der Waals surface area contributed by atoms with Gasteiger partial charge in [0, 0.05) is 0 Å². The van der Waals surface area contributed by atoms with Gasteiger partial charge in [0.1, 0.15) is 17.5 Å². The molecule has 0 radical (unpaired) electrons. The summed E-state index contributed by atoms with van der Waals surface area (Å²) in [6.45, 7) is 7.58. The quantitative estimate of drug-likeness (QED) is 0.825. The van der Waals surface area contributed by atoms with Crippen LogP contribution in [0.25, 0.3) is 0 Å². The molecule has 8 heteroatoms. The molecule has 0 spiro atoms. The number of alkyl carbamates (subject to hydrolysis) is 1. The van der Waals surface area contributed by atoms with Crippen molar-refractivity contribution in [2.24, 2.45) is 11.8 Å². The first-order valence-electron chi connectivity index (χ1n) is 9.68. The van der Waals surface area contributed by atoms with Crippen LogP contribution in [0.4, 0.5) is 19.7 Å². The molecule has 4 rings (SSSR count). The standard InChI is InChI=1S/C20H26FN3O4/c1-20(2,3)28-18(25)23-7-12-10-24(19(26)27-12)11-4-5-13(16(21)6-11)17-14-8-22-9-15(14)17/h4-6,12,14-15,17,22H,7-10H2,1-3H3,(H,23,25)/t12-,14-,15+,17?/m0/s1. The molecule has 1 aromatic rings. The van der Waals surface area contributed by atoms with Crippen molar-refractivity contribution in [1.82, 2.24) is 10.6 Å². The molecule has 1 aliphatic carbocycles. The number of hydrogen-bond acceptors (Lipinski definition) is 5. The Balaban J connectivity index is 1.35. The van der Waals surface area contributed by atoms with Crippen molar-refractivity contribution >= 4 is 17.9 Å². The maximum absolute atomic E-state index is 14.7. The van der Waals surface area contributed by atoms with E-state index in [1.54, 1.807) is 32.9 Å². The Morgan fingerprint density at radius 2 is 2.07 bits per heavy atom. The molecule has 2 N–H and O–H groups in total. The van der Waals surface area contributed by atoms with Crippen LogP contribution in [0.5, 0.6) is 0 Å². The number of benzene rings is 1. The number of carbonyl (C=O) groups is 2. The topological polar surface area (TPSA) is 79.9 Å². The highest BCUT2D eigenvalue weighted by Crippen LogP contribution is 2.56. The van der Waals surface area contributed by atoms with Crippen molar-refractivity contribution in [3.63, 3.8) is 0 Å². The molecule has 3 fully saturated rings. The minimum absolute atomic E-state index is 0.135. The van der Waals surface area contributed by atoms with Gasteiger partial charge in [-0.15, -0.1) is 0 Å². The number of cyclic esters (lactones) is 1. The van der Waals surface area contributed by atoms with Gasteiger partial charge in [-0.05, 0) is 69.3 Å². The van der Waals surface area contributed by atoms with E-state index in [0.29, 0.717) is 17.5 Å². The fourth-order valence-corrected chi connectivity index (χ4v) is 4.18. The van der Waals surface area contributed by atoms with Crippen LogP contribution in [0.2, 0.25) is 0 Å². The summed E-state index contributed by atoms with van der Waals surface area (Å²) in [5.41, 5.74) is 0.601. The summed E-state index contributed by atoms with van der Waals surface area (Å²) in [4.78, 5) is 25.3. The van der Waals surface area contributed by atoms with Crippen molar-refractivity contribution in [3.8, 4) is 0 Å². The largest absolute Gasteiger partial charge is 0.444 e. The first-order valence-corrected chi connectivity index (χ1v) is 9.68. The SMILES string of the molecule is CC(C)(C)OC(=O)NC[C@H]1CN(c2ccc(C3[C@H]4CNC[C@@H]34)c(F)c2)C(=O)O1. The number of rotatable bonds is 4. The van der Waals surface area contributed by atoms with E-state index < -0.39 is 23.9 Å². The molecular weight excluding hydrogens is 365 g/mol. The summed E-state index contributed by atoms with van der Waals surface area (Å²) in [6.07, 6.45) is -1.63. The van der Waals surface area contributed by atoms with Crippen molar-refractivity contribution in [1.29, 1.82) is 0 Å². The van der Waals surface area contributed by atoms with E-state index in [-0.39, 0.29) is 24.8 Å². The molecule has 1 saturated carbocycles. The highest BCUT2D eigenvalue weighted by Gasteiger charge is 2.54. The molecule has 2 amide bonds. The molecule has 0 aromatic heterocycles. The average Bonchev–Trinajstić information content (AvgIpc) is 2.94. The lowest BCUT2D eigenvalue weighted by Crippen LogP contribution is -2.38. The van der Waals surface area contributed by atoms with E-state index in [9.17, 15) is 14.0 Å². The Morgan fingerprint density at radius 3 is 2.71 bits per heavy atom. The molecule has 7 nitrogen and oxygen atoms in total. The number of fused-ring (bicyclic) bond motifs is 1. The molecule has 152 valence electrons. The van der Waals surface area contributed by atoms with Crippen LogP contribution in [-0.4, -0.2) is 50.1 Å². The third kappa shape index (κ3) is 3.78. The minimum Gasteiger partial charge on any atom is -0.444 e. The van der Waals surface area contributed by atoms with E-state index in [1.807, 2.05) is 0 Å². The Morgan fingerprint density at radius 1 is 1.36 bits per heavy atom. The Kier molecular flexibility index (Phi) is 4.69. The van der Waals surface area contributed by atoms with Gasteiger partial charge in [-0.1, -0.05) is 6.07 Å². The zero-order chi connectivity index (χ0) is 20.1. The van der Waals surface area contributed by atoms with Crippen LogP contribution in [-0.2, 0) is 9.47 Å². The Labute approximate surface area is 163 Å². The summed E-state index contributed by atoms with van der Waals surface area (Å²) in [5, 5.41) is 5.90. The fourth-order valence-electron chi connectivity index (χ4n) is 4.18. The zero-order valence-corrected chi connectivity index (χ0v) is 16.3.